The standard InChI is InChI=1S/C20H30ClN3O2/c1-20(2,3)23(4)18(25)14-24-10-8-15(9-11-24)13-22-19(26)16-6-5-7-17(21)12-16/h5-7,12,15H,8-11,13-14H2,1-4H3,(H,22,26). The fourth-order valence-electron chi connectivity index (χ4n) is 2.99. The van der Waals surface area contributed by atoms with Crippen molar-refractivity contribution in [1.29, 1.82) is 0 Å². The van der Waals surface area contributed by atoms with E-state index in [9.17, 15) is 9.59 Å². The smallest absolute Gasteiger partial charge is 0.251 e. The molecule has 0 radical (unpaired) electrons. The van der Waals surface area contributed by atoms with Crippen LogP contribution in [-0.4, -0.2) is 60.4 Å². The Balaban J connectivity index is 1.73. The summed E-state index contributed by atoms with van der Waals surface area (Å²) in [5.74, 6) is 0.520. The van der Waals surface area contributed by atoms with Gasteiger partial charge in [-0.05, 0) is 70.8 Å². The molecule has 0 bridgehead atoms. The Hall–Kier alpha value is -1.59. The second kappa shape index (κ2) is 8.87. The average molecular weight is 380 g/mol. The molecule has 1 saturated heterocycles. The lowest BCUT2D eigenvalue weighted by Crippen LogP contribution is -2.49. The largest absolute Gasteiger partial charge is 0.352 e. The van der Waals surface area contributed by atoms with Crippen molar-refractivity contribution in [1.82, 2.24) is 15.1 Å². The third kappa shape index (κ3) is 5.99. The molecule has 1 heterocycles. The molecule has 1 fully saturated rings. The van der Waals surface area contributed by atoms with E-state index in [-0.39, 0.29) is 17.4 Å². The van der Waals surface area contributed by atoms with Crippen molar-refractivity contribution in [3.8, 4) is 0 Å². The molecule has 5 nitrogen and oxygen atoms in total. The third-order valence-corrected chi connectivity index (χ3v) is 5.32. The summed E-state index contributed by atoms with van der Waals surface area (Å²) in [5.41, 5.74) is 0.436. The topological polar surface area (TPSA) is 52.7 Å². The zero-order chi connectivity index (χ0) is 19.3. The second-order valence-electron chi connectivity index (χ2n) is 8.06. The molecule has 1 aliphatic rings. The van der Waals surface area contributed by atoms with Crippen LogP contribution in [0.1, 0.15) is 44.0 Å². The lowest BCUT2D eigenvalue weighted by Gasteiger charge is -2.36. The van der Waals surface area contributed by atoms with Crippen LogP contribution in [0.4, 0.5) is 0 Å². The van der Waals surface area contributed by atoms with Gasteiger partial charge in [0.05, 0.1) is 6.54 Å². The maximum atomic E-state index is 12.4. The Labute approximate surface area is 161 Å². The van der Waals surface area contributed by atoms with Gasteiger partial charge in [-0.3, -0.25) is 14.5 Å². The summed E-state index contributed by atoms with van der Waals surface area (Å²) in [4.78, 5) is 28.6. The van der Waals surface area contributed by atoms with Crippen LogP contribution in [0.2, 0.25) is 5.02 Å². The molecule has 0 aromatic heterocycles. The molecule has 1 N–H and O–H groups in total. The molecule has 144 valence electrons. The molecule has 0 atom stereocenters. The van der Waals surface area contributed by atoms with E-state index in [0.29, 0.717) is 29.6 Å². The number of hydrogen-bond acceptors (Lipinski definition) is 3. The molecule has 26 heavy (non-hydrogen) atoms. The molecule has 1 aromatic rings. The molecule has 0 saturated carbocycles. The summed E-state index contributed by atoms with van der Waals surface area (Å²) in [6.07, 6.45) is 1.98. The fraction of sp³-hybridized carbons (Fsp3) is 0.600. The lowest BCUT2D eigenvalue weighted by atomic mass is 9.96. The van der Waals surface area contributed by atoms with E-state index in [1.54, 1.807) is 24.3 Å². The van der Waals surface area contributed by atoms with Crippen molar-refractivity contribution in [2.45, 2.75) is 39.2 Å². The van der Waals surface area contributed by atoms with Crippen molar-refractivity contribution in [2.24, 2.45) is 5.92 Å². The minimum Gasteiger partial charge on any atom is -0.352 e. The van der Waals surface area contributed by atoms with Gasteiger partial charge in [0.25, 0.3) is 5.91 Å². The predicted octanol–water partition coefficient (Wildman–Crippen LogP) is 3.04. The van der Waals surface area contributed by atoms with E-state index in [1.807, 2.05) is 32.7 Å². The number of nitrogens with one attached hydrogen (secondary N) is 1. The van der Waals surface area contributed by atoms with Crippen molar-refractivity contribution < 1.29 is 9.59 Å². The molecule has 0 unspecified atom stereocenters. The highest BCUT2D eigenvalue weighted by molar-refractivity contribution is 6.30. The molecule has 2 rings (SSSR count). The molecular formula is C20H30ClN3O2. The van der Waals surface area contributed by atoms with Crippen LogP contribution in [0, 0.1) is 5.92 Å². The number of likely N-dealkylation sites (N-methyl/N-ethyl adjacent to an activating group) is 1. The second-order valence-corrected chi connectivity index (χ2v) is 8.50. The third-order valence-electron chi connectivity index (χ3n) is 5.08. The molecule has 1 aromatic carbocycles. The van der Waals surface area contributed by atoms with Crippen LogP contribution in [0.3, 0.4) is 0 Å². The average Bonchev–Trinajstić information content (AvgIpc) is 2.59. The molecule has 6 heteroatoms. The van der Waals surface area contributed by atoms with Crippen LogP contribution in [-0.2, 0) is 4.79 Å². The number of rotatable bonds is 5. The number of piperidine rings is 1. The summed E-state index contributed by atoms with van der Waals surface area (Å²) < 4.78 is 0. The van der Waals surface area contributed by atoms with Gasteiger partial charge >= 0.3 is 0 Å². The Kier molecular flexibility index (Phi) is 7.07. The first-order valence-electron chi connectivity index (χ1n) is 9.19. The predicted molar refractivity (Wildman–Crippen MR) is 105 cm³/mol. The number of amides is 2. The van der Waals surface area contributed by atoms with Gasteiger partial charge in [-0.15, -0.1) is 0 Å². The Morgan fingerprint density at radius 1 is 1.27 bits per heavy atom. The van der Waals surface area contributed by atoms with Gasteiger partial charge in [-0.1, -0.05) is 17.7 Å². The van der Waals surface area contributed by atoms with Gasteiger partial charge < -0.3 is 10.2 Å². The van der Waals surface area contributed by atoms with E-state index in [0.717, 1.165) is 25.9 Å². The van der Waals surface area contributed by atoms with Crippen LogP contribution in [0.25, 0.3) is 0 Å². The Morgan fingerprint density at radius 3 is 2.50 bits per heavy atom. The fourth-order valence-corrected chi connectivity index (χ4v) is 3.18. The van der Waals surface area contributed by atoms with Crippen LogP contribution < -0.4 is 5.32 Å². The minimum absolute atomic E-state index is 0.0862. The van der Waals surface area contributed by atoms with Crippen molar-refractivity contribution in [2.75, 3.05) is 33.2 Å². The molecular weight excluding hydrogens is 350 g/mol. The number of halogens is 1. The van der Waals surface area contributed by atoms with Gasteiger partial charge in [-0.25, -0.2) is 0 Å². The van der Waals surface area contributed by atoms with E-state index in [4.69, 9.17) is 11.6 Å². The maximum absolute atomic E-state index is 12.4. The van der Waals surface area contributed by atoms with Gasteiger partial charge in [0.2, 0.25) is 5.91 Å². The lowest BCUT2D eigenvalue weighted by molar-refractivity contribution is -0.135. The number of hydrogen-bond donors (Lipinski definition) is 1. The summed E-state index contributed by atoms with van der Waals surface area (Å²) in [5, 5.41) is 3.56. The normalized spacial score (nSPS) is 16.3. The molecule has 0 aliphatic carbocycles. The summed E-state index contributed by atoms with van der Waals surface area (Å²) in [6, 6.07) is 6.98. The number of likely N-dealkylation sites (tertiary alicyclic amines) is 1. The van der Waals surface area contributed by atoms with Crippen molar-refractivity contribution in [3.63, 3.8) is 0 Å². The van der Waals surface area contributed by atoms with E-state index in [1.165, 1.54) is 0 Å². The number of nitrogens with zero attached hydrogens (tertiary/aromatic N) is 2. The SMILES string of the molecule is CN(C(=O)CN1CCC(CNC(=O)c2cccc(Cl)c2)CC1)C(C)(C)C. The van der Waals surface area contributed by atoms with Gasteiger partial charge in [0.15, 0.2) is 0 Å². The molecule has 0 spiro atoms. The van der Waals surface area contributed by atoms with E-state index >= 15 is 0 Å². The zero-order valence-corrected chi connectivity index (χ0v) is 17.0. The highest BCUT2D eigenvalue weighted by atomic mass is 35.5. The summed E-state index contributed by atoms with van der Waals surface area (Å²) in [7, 11) is 1.86. The summed E-state index contributed by atoms with van der Waals surface area (Å²) >= 11 is 5.93. The van der Waals surface area contributed by atoms with Crippen molar-refractivity contribution in [3.05, 3.63) is 34.9 Å². The molecule has 2 amide bonds. The van der Waals surface area contributed by atoms with E-state index in [2.05, 4.69) is 10.2 Å². The maximum Gasteiger partial charge on any atom is 0.251 e. The number of carbonyl (C=O) groups excluding carboxylic acids is 2. The molecule has 1 aliphatic heterocycles. The zero-order valence-electron chi connectivity index (χ0n) is 16.2. The highest BCUT2D eigenvalue weighted by Crippen LogP contribution is 2.18. The quantitative estimate of drug-likeness (QED) is 0.855. The van der Waals surface area contributed by atoms with Crippen LogP contribution in [0.15, 0.2) is 24.3 Å². The van der Waals surface area contributed by atoms with Gasteiger partial charge in [0, 0.05) is 29.7 Å². The highest BCUT2D eigenvalue weighted by Gasteiger charge is 2.26. The number of benzene rings is 1. The first kappa shape index (κ1) is 20.7. The first-order chi connectivity index (χ1) is 12.2. The van der Waals surface area contributed by atoms with Crippen LogP contribution in [0.5, 0.6) is 0 Å². The van der Waals surface area contributed by atoms with Crippen LogP contribution >= 0.6 is 11.6 Å². The van der Waals surface area contributed by atoms with E-state index < -0.39 is 0 Å². The minimum atomic E-state index is -0.153. The number of carbonyl (C=O) groups is 2. The Morgan fingerprint density at radius 2 is 1.92 bits per heavy atom. The summed E-state index contributed by atoms with van der Waals surface area (Å²) in [6.45, 7) is 9.03. The monoisotopic (exact) mass is 379 g/mol. The van der Waals surface area contributed by atoms with Gasteiger partial charge in [-0.2, -0.15) is 0 Å². The Bertz CT molecular complexity index is 634. The first-order valence-corrected chi connectivity index (χ1v) is 9.57. The van der Waals surface area contributed by atoms with Gasteiger partial charge in [0.1, 0.15) is 0 Å². The van der Waals surface area contributed by atoms with Crippen molar-refractivity contribution >= 4 is 23.4 Å².